The molecule has 0 atom stereocenters. The van der Waals surface area contributed by atoms with E-state index in [0.717, 1.165) is 35.3 Å². The lowest BCUT2D eigenvalue weighted by Gasteiger charge is -2.15. The van der Waals surface area contributed by atoms with Crippen LogP contribution in [0.5, 0.6) is 5.75 Å². The largest absolute Gasteiger partial charge is 0.488 e. The normalized spacial score (nSPS) is 10.8. The van der Waals surface area contributed by atoms with Crippen molar-refractivity contribution in [1.82, 2.24) is 5.32 Å². The molecule has 3 heteroatoms. The van der Waals surface area contributed by atoms with Gasteiger partial charge in [0.2, 0.25) is 0 Å². The molecular formula is C16H24BrNO. The molecule has 1 aromatic carbocycles. The molecule has 0 spiro atoms. The van der Waals surface area contributed by atoms with Crippen LogP contribution >= 0.6 is 15.9 Å². The SMILES string of the molecule is C=C(CC)COc1c(Br)cccc1CNCC(C)C. The summed E-state index contributed by atoms with van der Waals surface area (Å²) in [4.78, 5) is 0. The fraction of sp³-hybridized carbons (Fsp3) is 0.500. The Kier molecular flexibility index (Phi) is 7.17. The molecule has 0 aliphatic carbocycles. The second kappa shape index (κ2) is 8.39. The van der Waals surface area contributed by atoms with Crippen LogP contribution in [0.25, 0.3) is 0 Å². The zero-order valence-corrected chi connectivity index (χ0v) is 13.7. The second-order valence-electron chi connectivity index (χ2n) is 5.15. The maximum atomic E-state index is 5.89. The molecule has 0 saturated carbocycles. The quantitative estimate of drug-likeness (QED) is 0.708. The van der Waals surface area contributed by atoms with Crippen molar-refractivity contribution >= 4 is 15.9 Å². The summed E-state index contributed by atoms with van der Waals surface area (Å²) in [5, 5.41) is 3.45. The van der Waals surface area contributed by atoms with E-state index in [1.807, 2.05) is 12.1 Å². The molecule has 0 bridgehead atoms. The van der Waals surface area contributed by atoms with E-state index in [1.165, 1.54) is 5.56 Å². The number of rotatable bonds is 8. The van der Waals surface area contributed by atoms with Crippen LogP contribution < -0.4 is 10.1 Å². The Hall–Kier alpha value is -0.800. The summed E-state index contributed by atoms with van der Waals surface area (Å²) in [5.74, 6) is 1.57. The van der Waals surface area contributed by atoms with E-state index in [1.54, 1.807) is 0 Å². The van der Waals surface area contributed by atoms with Gasteiger partial charge in [-0.1, -0.05) is 39.5 Å². The fourth-order valence-electron chi connectivity index (χ4n) is 1.63. The van der Waals surface area contributed by atoms with Crippen LogP contribution in [0.1, 0.15) is 32.8 Å². The molecule has 0 radical (unpaired) electrons. The average molecular weight is 326 g/mol. The molecule has 0 saturated heterocycles. The van der Waals surface area contributed by atoms with E-state index < -0.39 is 0 Å². The number of ether oxygens (including phenoxy) is 1. The smallest absolute Gasteiger partial charge is 0.138 e. The summed E-state index contributed by atoms with van der Waals surface area (Å²) in [5.41, 5.74) is 2.29. The molecule has 0 amide bonds. The van der Waals surface area contributed by atoms with E-state index in [0.29, 0.717) is 12.5 Å². The minimum absolute atomic E-state index is 0.580. The fourth-order valence-corrected chi connectivity index (χ4v) is 2.15. The molecule has 0 heterocycles. The van der Waals surface area contributed by atoms with Crippen LogP contribution in [0.15, 0.2) is 34.8 Å². The van der Waals surface area contributed by atoms with Crippen molar-refractivity contribution in [2.24, 2.45) is 5.92 Å². The lowest BCUT2D eigenvalue weighted by molar-refractivity contribution is 0.341. The zero-order chi connectivity index (χ0) is 14.3. The van der Waals surface area contributed by atoms with Crippen molar-refractivity contribution in [2.75, 3.05) is 13.2 Å². The summed E-state index contributed by atoms with van der Waals surface area (Å²) in [7, 11) is 0. The monoisotopic (exact) mass is 325 g/mol. The molecule has 1 aromatic rings. The Bertz CT molecular complexity index is 415. The first-order valence-corrected chi connectivity index (χ1v) is 7.61. The first-order chi connectivity index (χ1) is 9.04. The van der Waals surface area contributed by atoms with Gasteiger partial charge in [-0.25, -0.2) is 0 Å². The van der Waals surface area contributed by atoms with Crippen molar-refractivity contribution in [3.63, 3.8) is 0 Å². The molecule has 0 aliphatic rings. The highest BCUT2D eigenvalue weighted by Gasteiger charge is 2.08. The van der Waals surface area contributed by atoms with Gasteiger partial charge in [-0.15, -0.1) is 0 Å². The summed E-state index contributed by atoms with van der Waals surface area (Å²) in [6, 6.07) is 6.15. The number of halogens is 1. The average Bonchev–Trinajstić information content (AvgIpc) is 2.37. The third kappa shape index (κ3) is 5.79. The third-order valence-corrected chi connectivity index (χ3v) is 3.46. The molecule has 2 nitrogen and oxygen atoms in total. The summed E-state index contributed by atoms with van der Waals surface area (Å²) in [6.45, 7) is 12.9. The van der Waals surface area contributed by atoms with Gasteiger partial charge >= 0.3 is 0 Å². The van der Waals surface area contributed by atoms with E-state index >= 15 is 0 Å². The minimum atomic E-state index is 0.580. The Morgan fingerprint density at radius 3 is 2.79 bits per heavy atom. The topological polar surface area (TPSA) is 21.3 Å². The van der Waals surface area contributed by atoms with Gasteiger partial charge in [-0.05, 0) is 46.5 Å². The Morgan fingerprint density at radius 2 is 2.16 bits per heavy atom. The molecule has 1 N–H and O–H groups in total. The van der Waals surface area contributed by atoms with Crippen LogP contribution in [-0.4, -0.2) is 13.2 Å². The number of hydrogen-bond acceptors (Lipinski definition) is 2. The predicted molar refractivity (Wildman–Crippen MR) is 85.6 cm³/mol. The van der Waals surface area contributed by atoms with Gasteiger partial charge < -0.3 is 10.1 Å². The highest BCUT2D eigenvalue weighted by molar-refractivity contribution is 9.10. The first kappa shape index (κ1) is 16.3. The van der Waals surface area contributed by atoms with Gasteiger partial charge in [0, 0.05) is 12.1 Å². The molecule has 106 valence electrons. The van der Waals surface area contributed by atoms with E-state index in [4.69, 9.17) is 4.74 Å². The predicted octanol–water partition coefficient (Wildman–Crippen LogP) is 4.54. The van der Waals surface area contributed by atoms with E-state index in [9.17, 15) is 0 Å². The molecule has 0 aromatic heterocycles. The van der Waals surface area contributed by atoms with Crippen molar-refractivity contribution in [3.8, 4) is 5.75 Å². The van der Waals surface area contributed by atoms with Crippen LogP contribution in [0.3, 0.4) is 0 Å². The van der Waals surface area contributed by atoms with E-state index in [-0.39, 0.29) is 0 Å². The van der Waals surface area contributed by atoms with Gasteiger partial charge in [0.25, 0.3) is 0 Å². The van der Waals surface area contributed by atoms with Crippen molar-refractivity contribution in [2.45, 2.75) is 33.7 Å². The van der Waals surface area contributed by atoms with Crippen molar-refractivity contribution in [1.29, 1.82) is 0 Å². The van der Waals surface area contributed by atoms with Gasteiger partial charge in [0.1, 0.15) is 12.4 Å². The minimum Gasteiger partial charge on any atom is -0.488 e. The Labute approximate surface area is 125 Å². The van der Waals surface area contributed by atoms with Crippen LogP contribution in [0, 0.1) is 5.92 Å². The number of benzene rings is 1. The zero-order valence-electron chi connectivity index (χ0n) is 12.1. The lowest BCUT2D eigenvalue weighted by Crippen LogP contribution is -2.19. The number of hydrogen-bond donors (Lipinski definition) is 1. The summed E-state index contributed by atoms with van der Waals surface area (Å²) in [6.07, 6.45) is 0.950. The van der Waals surface area contributed by atoms with Crippen LogP contribution in [0.4, 0.5) is 0 Å². The van der Waals surface area contributed by atoms with Gasteiger partial charge in [0.15, 0.2) is 0 Å². The molecule has 0 aliphatic heterocycles. The second-order valence-corrected chi connectivity index (χ2v) is 6.00. The van der Waals surface area contributed by atoms with Gasteiger partial charge in [-0.2, -0.15) is 0 Å². The molecule has 0 unspecified atom stereocenters. The molecule has 0 fully saturated rings. The lowest BCUT2D eigenvalue weighted by atomic mass is 10.1. The van der Waals surface area contributed by atoms with E-state index in [2.05, 4.69) is 54.7 Å². The maximum Gasteiger partial charge on any atom is 0.138 e. The first-order valence-electron chi connectivity index (χ1n) is 6.82. The third-order valence-electron chi connectivity index (χ3n) is 2.84. The van der Waals surface area contributed by atoms with Crippen LogP contribution in [-0.2, 0) is 6.54 Å². The maximum absolute atomic E-state index is 5.89. The summed E-state index contributed by atoms with van der Waals surface area (Å²) >= 11 is 3.56. The Balaban J connectivity index is 2.68. The molecule has 19 heavy (non-hydrogen) atoms. The van der Waals surface area contributed by atoms with Gasteiger partial charge in [-0.3, -0.25) is 0 Å². The Morgan fingerprint density at radius 1 is 1.42 bits per heavy atom. The molecular weight excluding hydrogens is 302 g/mol. The summed E-state index contributed by atoms with van der Waals surface area (Å²) < 4.78 is 6.89. The highest BCUT2D eigenvalue weighted by atomic mass is 79.9. The standard InChI is InChI=1S/C16H24BrNO/c1-5-13(4)11-19-16-14(7-6-8-15(16)17)10-18-9-12(2)3/h6-8,12,18H,4-5,9-11H2,1-3H3. The van der Waals surface area contributed by atoms with Gasteiger partial charge in [0.05, 0.1) is 4.47 Å². The van der Waals surface area contributed by atoms with Crippen molar-refractivity contribution < 1.29 is 4.74 Å². The number of nitrogens with one attached hydrogen (secondary N) is 1. The number of para-hydroxylation sites is 1. The molecule has 1 rings (SSSR count). The van der Waals surface area contributed by atoms with Crippen molar-refractivity contribution in [3.05, 3.63) is 40.4 Å². The highest BCUT2D eigenvalue weighted by Crippen LogP contribution is 2.29. The van der Waals surface area contributed by atoms with Crippen LogP contribution in [0.2, 0.25) is 0 Å².